The molecule has 2 N–H and O–H groups in total. The zero-order valence-electron chi connectivity index (χ0n) is 11.2. The molecule has 0 aromatic carbocycles. The summed E-state index contributed by atoms with van der Waals surface area (Å²) in [6.07, 6.45) is 5.22. The molecule has 0 aliphatic carbocycles. The first-order chi connectivity index (χ1) is 10.0. The number of amides is 1. The van der Waals surface area contributed by atoms with E-state index in [1.165, 1.54) is 18.5 Å². The predicted octanol–water partition coefficient (Wildman–Crippen LogP) is 1.41. The minimum atomic E-state index is -1.06. The van der Waals surface area contributed by atoms with Gasteiger partial charge in [-0.25, -0.2) is 4.79 Å². The third-order valence-electron chi connectivity index (χ3n) is 2.54. The van der Waals surface area contributed by atoms with Crippen LogP contribution in [0.3, 0.4) is 0 Å². The van der Waals surface area contributed by atoms with Gasteiger partial charge < -0.3 is 14.9 Å². The number of hydrogen-bond acceptors (Lipinski definition) is 5. The number of nitrogens with zero attached hydrogens (tertiary/aromatic N) is 2. The lowest BCUT2D eigenvalue weighted by Gasteiger charge is -2.03. The van der Waals surface area contributed by atoms with E-state index in [0.717, 1.165) is 11.8 Å². The maximum Gasteiger partial charge on any atom is 0.328 e. The van der Waals surface area contributed by atoms with E-state index in [-0.39, 0.29) is 12.5 Å². The molecular weight excluding hydrogens is 274 g/mol. The molecule has 0 atom stereocenters. The first-order valence-corrected chi connectivity index (χ1v) is 6.11. The van der Waals surface area contributed by atoms with Gasteiger partial charge in [0.05, 0.1) is 17.8 Å². The van der Waals surface area contributed by atoms with Crippen molar-refractivity contribution >= 4 is 18.0 Å². The maximum atomic E-state index is 12.0. The predicted molar refractivity (Wildman–Crippen MR) is 73.3 cm³/mol. The van der Waals surface area contributed by atoms with E-state index in [9.17, 15) is 9.59 Å². The molecule has 0 radical (unpaired) electrons. The first-order valence-electron chi connectivity index (χ1n) is 6.11. The number of aliphatic carboxylic acids is 1. The molecular formula is C14H13N3O4. The van der Waals surface area contributed by atoms with E-state index < -0.39 is 5.97 Å². The average Bonchev–Trinajstić information content (AvgIpc) is 2.88. The summed E-state index contributed by atoms with van der Waals surface area (Å²) in [7, 11) is 0. The van der Waals surface area contributed by atoms with Gasteiger partial charge in [-0.2, -0.15) is 0 Å². The Morgan fingerprint density at radius 3 is 2.86 bits per heavy atom. The number of carbonyl (C=O) groups is 2. The molecule has 0 bridgehead atoms. The van der Waals surface area contributed by atoms with Crippen LogP contribution < -0.4 is 5.32 Å². The molecule has 108 valence electrons. The normalized spacial score (nSPS) is 10.7. The molecule has 0 aliphatic heterocycles. The van der Waals surface area contributed by atoms with Crippen LogP contribution in [-0.2, 0) is 11.3 Å². The summed E-state index contributed by atoms with van der Waals surface area (Å²) >= 11 is 0. The van der Waals surface area contributed by atoms with Crippen LogP contribution in [0.5, 0.6) is 0 Å². The van der Waals surface area contributed by atoms with Gasteiger partial charge in [0.1, 0.15) is 0 Å². The maximum absolute atomic E-state index is 12.0. The lowest BCUT2D eigenvalue weighted by Crippen LogP contribution is -2.22. The summed E-state index contributed by atoms with van der Waals surface area (Å²) in [4.78, 5) is 26.3. The van der Waals surface area contributed by atoms with Gasteiger partial charge >= 0.3 is 5.97 Å². The summed E-state index contributed by atoms with van der Waals surface area (Å²) < 4.78 is 4.98. The summed E-state index contributed by atoms with van der Waals surface area (Å²) in [5, 5.41) is 14.9. The van der Waals surface area contributed by atoms with E-state index in [1.54, 1.807) is 19.1 Å². The van der Waals surface area contributed by atoms with Crippen molar-refractivity contribution in [1.29, 1.82) is 0 Å². The highest BCUT2D eigenvalue weighted by Crippen LogP contribution is 2.06. The highest BCUT2D eigenvalue weighted by Gasteiger charge is 2.08. The fourth-order valence-electron chi connectivity index (χ4n) is 1.61. The molecule has 0 aliphatic rings. The van der Waals surface area contributed by atoms with Crippen molar-refractivity contribution in [3.63, 3.8) is 0 Å². The number of carboxylic acids is 1. The van der Waals surface area contributed by atoms with Crippen LogP contribution >= 0.6 is 0 Å². The van der Waals surface area contributed by atoms with E-state index in [2.05, 4.69) is 15.5 Å². The molecule has 0 spiro atoms. The van der Waals surface area contributed by atoms with Crippen LogP contribution in [-0.4, -0.2) is 27.1 Å². The van der Waals surface area contributed by atoms with Crippen molar-refractivity contribution in [1.82, 2.24) is 15.5 Å². The van der Waals surface area contributed by atoms with Crippen LogP contribution in [0.1, 0.15) is 27.4 Å². The zero-order valence-corrected chi connectivity index (χ0v) is 11.2. The molecule has 2 heterocycles. The Balaban J connectivity index is 2.02. The van der Waals surface area contributed by atoms with Crippen LogP contribution in [0.15, 0.2) is 35.1 Å². The number of hydrogen-bond donors (Lipinski definition) is 2. The molecule has 7 heteroatoms. The molecule has 2 aromatic rings. The van der Waals surface area contributed by atoms with Crippen molar-refractivity contribution in [2.45, 2.75) is 13.5 Å². The van der Waals surface area contributed by atoms with E-state index >= 15 is 0 Å². The van der Waals surface area contributed by atoms with Gasteiger partial charge in [-0.1, -0.05) is 5.16 Å². The second kappa shape index (κ2) is 6.47. The van der Waals surface area contributed by atoms with Gasteiger partial charge in [0, 0.05) is 24.5 Å². The van der Waals surface area contributed by atoms with Gasteiger partial charge in [-0.15, -0.1) is 0 Å². The lowest BCUT2D eigenvalue weighted by molar-refractivity contribution is -0.131. The van der Waals surface area contributed by atoms with Crippen molar-refractivity contribution < 1.29 is 19.2 Å². The van der Waals surface area contributed by atoms with Gasteiger partial charge in [-0.05, 0) is 24.6 Å². The van der Waals surface area contributed by atoms with E-state index in [4.69, 9.17) is 9.63 Å². The molecule has 0 saturated carbocycles. The number of rotatable bonds is 5. The van der Waals surface area contributed by atoms with E-state index in [0.29, 0.717) is 16.9 Å². The average molecular weight is 287 g/mol. The monoisotopic (exact) mass is 287 g/mol. The number of carboxylic acid groups (broad SMARTS) is 1. The topological polar surface area (TPSA) is 105 Å². The third-order valence-corrected chi connectivity index (χ3v) is 2.54. The van der Waals surface area contributed by atoms with Gasteiger partial charge in [-0.3, -0.25) is 9.78 Å². The van der Waals surface area contributed by atoms with Gasteiger partial charge in [0.2, 0.25) is 0 Å². The Morgan fingerprint density at radius 2 is 2.19 bits per heavy atom. The number of pyridine rings is 1. The van der Waals surface area contributed by atoms with Crippen LogP contribution in [0.2, 0.25) is 0 Å². The van der Waals surface area contributed by atoms with Crippen LogP contribution in [0, 0.1) is 6.92 Å². The Labute approximate surface area is 120 Å². The highest BCUT2D eigenvalue weighted by molar-refractivity contribution is 5.94. The SMILES string of the molecule is Cc1cc(CNC(=O)c2cncc(C=CC(=O)O)c2)on1. The molecule has 2 aromatic heterocycles. The number of aryl methyl sites for hydroxylation is 1. The van der Waals surface area contributed by atoms with Gasteiger partial charge in [0.15, 0.2) is 5.76 Å². The number of aromatic nitrogens is 2. The summed E-state index contributed by atoms with van der Waals surface area (Å²) in [5.74, 6) is -0.844. The number of carbonyl (C=O) groups excluding carboxylic acids is 1. The molecule has 7 nitrogen and oxygen atoms in total. The highest BCUT2D eigenvalue weighted by atomic mass is 16.5. The summed E-state index contributed by atoms with van der Waals surface area (Å²) in [6.45, 7) is 2.01. The molecule has 0 fully saturated rings. The van der Waals surface area contributed by atoms with Gasteiger partial charge in [0.25, 0.3) is 5.91 Å². The lowest BCUT2D eigenvalue weighted by atomic mass is 10.2. The zero-order chi connectivity index (χ0) is 15.2. The Bertz CT molecular complexity index is 691. The minimum absolute atomic E-state index is 0.217. The van der Waals surface area contributed by atoms with Crippen molar-refractivity contribution in [2.24, 2.45) is 0 Å². The van der Waals surface area contributed by atoms with Crippen molar-refractivity contribution in [3.8, 4) is 0 Å². The Kier molecular flexibility index (Phi) is 4.45. The van der Waals surface area contributed by atoms with Crippen LogP contribution in [0.4, 0.5) is 0 Å². The largest absolute Gasteiger partial charge is 0.478 e. The fraction of sp³-hybridized carbons (Fsp3) is 0.143. The fourth-order valence-corrected chi connectivity index (χ4v) is 1.61. The quantitative estimate of drug-likeness (QED) is 0.805. The second-order valence-electron chi connectivity index (χ2n) is 4.30. The van der Waals surface area contributed by atoms with E-state index in [1.807, 2.05) is 0 Å². The van der Waals surface area contributed by atoms with Crippen LogP contribution in [0.25, 0.3) is 6.08 Å². The number of nitrogens with one attached hydrogen (secondary N) is 1. The van der Waals surface area contributed by atoms with Crippen molar-refractivity contribution in [3.05, 3.63) is 53.2 Å². The standard InChI is InChI=1S/C14H13N3O4/c1-9-4-12(21-17-9)8-16-14(20)11-5-10(6-15-7-11)2-3-13(18)19/h2-7H,8H2,1H3,(H,16,20)(H,18,19). The molecule has 0 saturated heterocycles. The Hall–Kier alpha value is -2.96. The third kappa shape index (κ3) is 4.27. The first kappa shape index (κ1) is 14.4. The smallest absolute Gasteiger partial charge is 0.328 e. The second-order valence-corrected chi connectivity index (χ2v) is 4.30. The molecule has 1 amide bonds. The Morgan fingerprint density at radius 1 is 1.38 bits per heavy atom. The molecule has 2 rings (SSSR count). The van der Waals surface area contributed by atoms with Crippen molar-refractivity contribution in [2.75, 3.05) is 0 Å². The molecule has 21 heavy (non-hydrogen) atoms. The molecule has 0 unspecified atom stereocenters. The summed E-state index contributed by atoms with van der Waals surface area (Å²) in [5.41, 5.74) is 1.60. The minimum Gasteiger partial charge on any atom is -0.478 e. The summed E-state index contributed by atoms with van der Waals surface area (Å²) in [6, 6.07) is 3.28.